The predicted molar refractivity (Wildman–Crippen MR) is 158 cm³/mol. The Bertz CT molecular complexity index is 1250. The van der Waals surface area contributed by atoms with Gasteiger partial charge in [-0.25, -0.2) is 14.6 Å². The first-order chi connectivity index (χ1) is 19.6. The van der Waals surface area contributed by atoms with Gasteiger partial charge in [-0.1, -0.05) is 54.6 Å². The van der Waals surface area contributed by atoms with Crippen LogP contribution in [0.25, 0.3) is 11.1 Å². The molecule has 0 bridgehead atoms. The number of carbonyl (C=O) groups is 2. The number of rotatable bonds is 13. The Hall–Kier alpha value is -4.08. The van der Waals surface area contributed by atoms with Gasteiger partial charge in [0.25, 0.3) is 0 Å². The SMILES string of the molecule is CCOC(CN(Nc1c(COc2ccc(-c3ccccc3)cc2)cccc1C(=O)OC)C(=O)OC(C)(C)C)OCC. The fourth-order valence-corrected chi connectivity index (χ4v) is 3.96. The molecule has 0 spiro atoms. The van der Waals surface area contributed by atoms with E-state index >= 15 is 0 Å². The maximum Gasteiger partial charge on any atom is 0.429 e. The van der Waals surface area contributed by atoms with Crippen LogP contribution in [0.3, 0.4) is 0 Å². The van der Waals surface area contributed by atoms with E-state index in [1.165, 1.54) is 12.1 Å². The van der Waals surface area contributed by atoms with E-state index < -0.39 is 24.0 Å². The van der Waals surface area contributed by atoms with Crippen LogP contribution >= 0.6 is 0 Å². The average Bonchev–Trinajstić information content (AvgIpc) is 2.95. The lowest BCUT2D eigenvalue weighted by Crippen LogP contribution is -2.46. The molecule has 0 aromatic heterocycles. The first-order valence-corrected chi connectivity index (χ1v) is 13.6. The summed E-state index contributed by atoms with van der Waals surface area (Å²) in [6, 6.07) is 23.0. The van der Waals surface area contributed by atoms with Crippen molar-refractivity contribution in [2.75, 3.05) is 32.3 Å². The zero-order valence-electron chi connectivity index (χ0n) is 24.6. The lowest BCUT2D eigenvalue weighted by Gasteiger charge is -2.31. The molecule has 3 rings (SSSR count). The molecule has 0 aliphatic rings. The molecule has 0 unspecified atom stereocenters. The summed E-state index contributed by atoms with van der Waals surface area (Å²) in [7, 11) is 1.30. The van der Waals surface area contributed by atoms with Crippen LogP contribution in [0, 0.1) is 0 Å². The normalized spacial score (nSPS) is 11.2. The van der Waals surface area contributed by atoms with Crippen molar-refractivity contribution in [2.45, 2.75) is 53.1 Å². The van der Waals surface area contributed by atoms with Gasteiger partial charge in [0.05, 0.1) is 24.9 Å². The Kier molecular flexibility index (Phi) is 11.6. The van der Waals surface area contributed by atoms with Crippen LogP contribution in [-0.4, -0.2) is 55.8 Å². The zero-order valence-corrected chi connectivity index (χ0v) is 24.6. The van der Waals surface area contributed by atoms with Crippen molar-refractivity contribution in [1.82, 2.24) is 5.01 Å². The highest BCUT2D eigenvalue weighted by molar-refractivity contribution is 5.96. The average molecular weight is 565 g/mol. The minimum absolute atomic E-state index is 0.00660. The van der Waals surface area contributed by atoms with Gasteiger partial charge in [-0.3, -0.25) is 5.43 Å². The Morgan fingerprint density at radius 2 is 1.49 bits per heavy atom. The van der Waals surface area contributed by atoms with E-state index in [-0.39, 0.29) is 18.7 Å². The summed E-state index contributed by atoms with van der Waals surface area (Å²) in [6.45, 7) is 9.87. The number of ether oxygens (including phenoxy) is 5. The molecular formula is C32H40N2O7. The number of nitrogens with zero attached hydrogens (tertiary/aromatic N) is 1. The number of para-hydroxylation sites is 1. The van der Waals surface area contributed by atoms with E-state index in [9.17, 15) is 9.59 Å². The lowest BCUT2D eigenvalue weighted by atomic mass is 10.1. The Labute approximate surface area is 242 Å². The Morgan fingerprint density at radius 3 is 2.07 bits per heavy atom. The number of hydrazine groups is 1. The summed E-state index contributed by atoms with van der Waals surface area (Å²) in [5, 5.41) is 1.24. The number of esters is 1. The van der Waals surface area contributed by atoms with E-state index in [4.69, 9.17) is 23.7 Å². The zero-order chi connectivity index (χ0) is 29.8. The van der Waals surface area contributed by atoms with Crippen molar-refractivity contribution in [1.29, 1.82) is 0 Å². The van der Waals surface area contributed by atoms with Crippen LogP contribution in [0.2, 0.25) is 0 Å². The van der Waals surface area contributed by atoms with Crippen molar-refractivity contribution in [3.05, 3.63) is 83.9 Å². The summed E-state index contributed by atoms with van der Waals surface area (Å²) >= 11 is 0. The van der Waals surface area contributed by atoms with E-state index in [1.54, 1.807) is 32.9 Å². The third-order valence-corrected chi connectivity index (χ3v) is 5.81. The van der Waals surface area contributed by atoms with E-state index in [0.29, 0.717) is 30.2 Å². The van der Waals surface area contributed by atoms with Gasteiger partial charge in [0, 0.05) is 18.8 Å². The summed E-state index contributed by atoms with van der Waals surface area (Å²) in [5.74, 6) is 0.0766. The van der Waals surface area contributed by atoms with Gasteiger partial charge in [-0.15, -0.1) is 0 Å². The van der Waals surface area contributed by atoms with Crippen LogP contribution in [-0.2, 0) is 25.6 Å². The molecule has 0 atom stereocenters. The van der Waals surface area contributed by atoms with Gasteiger partial charge >= 0.3 is 12.1 Å². The van der Waals surface area contributed by atoms with Gasteiger partial charge in [0.15, 0.2) is 6.29 Å². The second kappa shape index (κ2) is 15.1. The smallest absolute Gasteiger partial charge is 0.429 e. The highest BCUT2D eigenvalue weighted by Crippen LogP contribution is 2.27. The number of benzene rings is 3. The number of hydrogen-bond donors (Lipinski definition) is 1. The minimum atomic E-state index is -0.760. The molecule has 1 amide bonds. The first-order valence-electron chi connectivity index (χ1n) is 13.6. The second-order valence-electron chi connectivity index (χ2n) is 10.1. The second-order valence-corrected chi connectivity index (χ2v) is 10.1. The monoisotopic (exact) mass is 564 g/mol. The number of hydrogen-bond acceptors (Lipinski definition) is 8. The highest BCUT2D eigenvalue weighted by Gasteiger charge is 2.28. The molecule has 9 heteroatoms. The number of carbonyl (C=O) groups excluding carboxylic acids is 2. The minimum Gasteiger partial charge on any atom is -0.489 e. The number of anilines is 1. The number of amides is 1. The molecule has 0 aliphatic carbocycles. The molecule has 0 heterocycles. The molecule has 1 N–H and O–H groups in total. The summed E-state index contributed by atoms with van der Waals surface area (Å²) in [6.07, 6.45) is -1.39. The third-order valence-electron chi connectivity index (χ3n) is 5.81. The Morgan fingerprint density at radius 1 is 0.854 bits per heavy atom. The maximum atomic E-state index is 13.3. The molecule has 0 saturated heterocycles. The fourth-order valence-electron chi connectivity index (χ4n) is 3.96. The van der Waals surface area contributed by atoms with E-state index in [2.05, 4.69) is 5.43 Å². The quantitative estimate of drug-likeness (QED) is 0.140. The van der Waals surface area contributed by atoms with Crippen LogP contribution in [0.1, 0.15) is 50.5 Å². The summed E-state index contributed by atoms with van der Waals surface area (Å²) in [4.78, 5) is 26.0. The first kappa shape index (κ1) is 31.4. The Balaban J connectivity index is 1.90. The van der Waals surface area contributed by atoms with Crippen molar-refractivity contribution in [3.8, 4) is 16.9 Å². The predicted octanol–water partition coefficient (Wildman–Crippen LogP) is 6.68. The van der Waals surface area contributed by atoms with Gasteiger partial charge < -0.3 is 23.7 Å². The van der Waals surface area contributed by atoms with Crippen molar-refractivity contribution < 1.29 is 33.3 Å². The van der Waals surface area contributed by atoms with E-state index in [1.807, 2.05) is 74.5 Å². The molecule has 0 radical (unpaired) electrons. The van der Waals surface area contributed by atoms with Crippen LogP contribution in [0.15, 0.2) is 72.8 Å². The van der Waals surface area contributed by atoms with E-state index in [0.717, 1.165) is 11.1 Å². The van der Waals surface area contributed by atoms with Gasteiger partial charge in [-0.2, -0.15) is 0 Å². The molecule has 220 valence electrons. The highest BCUT2D eigenvalue weighted by atomic mass is 16.7. The molecular weight excluding hydrogens is 524 g/mol. The molecule has 3 aromatic rings. The number of methoxy groups -OCH3 is 1. The van der Waals surface area contributed by atoms with Crippen LogP contribution in [0.5, 0.6) is 5.75 Å². The van der Waals surface area contributed by atoms with Gasteiger partial charge in [0.2, 0.25) is 0 Å². The fraction of sp³-hybridized carbons (Fsp3) is 0.375. The lowest BCUT2D eigenvalue weighted by molar-refractivity contribution is -0.144. The van der Waals surface area contributed by atoms with Gasteiger partial charge in [-0.05, 0) is 63.9 Å². The van der Waals surface area contributed by atoms with Crippen LogP contribution < -0.4 is 10.2 Å². The summed E-state index contributed by atoms with van der Waals surface area (Å²) < 4.78 is 28.1. The van der Waals surface area contributed by atoms with Crippen molar-refractivity contribution >= 4 is 17.7 Å². The maximum absolute atomic E-state index is 13.3. The third kappa shape index (κ3) is 9.51. The van der Waals surface area contributed by atoms with Crippen molar-refractivity contribution in [2.24, 2.45) is 0 Å². The largest absolute Gasteiger partial charge is 0.489 e. The van der Waals surface area contributed by atoms with Crippen LogP contribution in [0.4, 0.5) is 10.5 Å². The van der Waals surface area contributed by atoms with Gasteiger partial charge in [0.1, 0.15) is 18.0 Å². The standard InChI is InChI=1S/C32H40N2O7/c1-7-38-28(39-8-2)21-34(31(36)41-32(3,4)5)33-29-25(15-12-16-27(29)30(35)37-6)22-40-26-19-17-24(18-20-26)23-13-10-9-11-14-23/h9-20,28,33H,7-8,21-22H2,1-6H3. The number of nitrogens with one attached hydrogen (secondary N) is 1. The molecule has 0 fully saturated rings. The molecule has 0 saturated carbocycles. The summed E-state index contributed by atoms with van der Waals surface area (Å²) in [5.41, 5.74) is 5.70. The van der Waals surface area contributed by atoms with Crippen molar-refractivity contribution in [3.63, 3.8) is 0 Å². The molecule has 0 aliphatic heterocycles. The topological polar surface area (TPSA) is 95.6 Å². The molecule has 3 aromatic carbocycles. The molecule has 9 nitrogen and oxygen atoms in total. The molecule has 41 heavy (non-hydrogen) atoms.